The van der Waals surface area contributed by atoms with E-state index in [9.17, 15) is 9.18 Å². The fourth-order valence-corrected chi connectivity index (χ4v) is 1.89. The van der Waals surface area contributed by atoms with Crippen molar-refractivity contribution in [2.45, 2.75) is 13.3 Å². The van der Waals surface area contributed by atoms with E-state index in [2.05, 4.69) is 0 Å². The number of rotatable bonds is 8. The predicted octanol–water partition coefficient (Wildman–Crippen LogP) is 2.26. The molecule has 0 heterocycles. The summed E-state index contributed by atoms with van der Waals surface area (Å²) in [4.78, 5) is 14.0. The van der Waals surface area contributed by atoms with Crippen LogP contribution in [0.15, 0.2) is 18.2 Å². The summed E-state index contributed by atoms with van der Waals surface area (Å²) in [6.07, 6.45) is 0.708. The minimum absolute atomic E-state index is 0.110. The SMILES string of the molecule is COCCCN(CCOC)C(=O)c1cc(C)ccc1F. The molecule has 0 N–H and O–H groups in total. The summed E-state index contributed by atoms with van der Waals surface area (Å²) in [7, 11) is 3.19. The maximum Gasteiger partial charge on any atom is 0.256 e. The first-order valence-electron chi connectivity index (χ1n) is 6.63. The standard InChI is InChI=1S/C15H22FNO3/c1-12-5-6-14(16)13(11-12)15(18)17(8-10-20-3)7-4-9-19-2/h5-6,11H,4,7-10H2,1-3H3. The van der Waals surface area contributed by atoms with E-state index in [1.54, 1.807) is 31.3 Å². The molecule has 0 bridgehead atoms. The second kappa shape index (κ2) is 8.66. The van der Waals surface area contributed by atoms with Crippen LogP contribution >= 0.6 is 0 Å². The number of methoxy groups -OCH3 is 2. The average molecular weight is 283 g/mol. The van der Waals surface area contributed by atoms with Gasteiger partial charge in [0.15, 0.2) is 0 Å². The molecular weight excluding hydrogens is 261 g/mol. The third kappa shape index (κ3) is 4.90. The van der Waals surface area contributed by atoms with Gasteiger partial charge in [-0.25, -0.2) is 4.39 Å². The van der Waals surface area contributed by atoms with Crippen molar-refractivity contribution >= 4 is 5.91 Å². The molecule has 0 radical (unpaired) electrons. The smallest absolute Gasteiger partial charge is 0.256 e. The number of carbonyl (C=O) groups excluding carboxylic acids is 1. The van der Waals surface area contributed by atoms with Gasteiger partial charge >= 0.3 is 0 Å². The van der Waals surface area contributed by atoms with E-state index >= 15 is 0 Å². The summed E-state index contributed by atoms with van der Waals surface area (Å²) >= 11 is 0. The lowest BCUT2D eigenvalue weighted by atomic mass is 10.1. The van der Waals surface area contributed by atoms with Gasteiger partial charge in [0.05, 0.1) is 12.2 Å². The highest BCUT2D eigenvalue weighted by Gasteiger charge is 2.18. The van der Waals surface area contributed by atoms with Crippen molar-refractivity contribution in [2.24, 2.45) is 0 Å². The fourth-order valence-electron chi connectivity index (χ4n) is 1.89. The molecule has 0 aliphatic rings. The highest BCUT2D eigenvalue weighted by Crippen LogP contribution is 2.13. The van der Waals surface area contributed by atoms with E-state index in [1.807, 2.05) is 6.92 Å². The van der Waals surface area contributed by atoms with Crippen LogP contribution in [0.5, 0.6) is 0 Å². The van der Waals surface area contributed by atoms with Crippen molar-refractivity contribution in [3.63, 3.8) is 0 Å². The Balaban J connectivity index is 2.82. The van der Waals surface area contributed by atoms with Gasteiger partial charge in [0.1, 0.15) is 5.82 Å². The number of carbonyl (C=O) groups is 1. The van der Waals surface area contributed by atoms with E-state index in [1.165, 1.54) is 6.07 Å². The summed E-state index contributed by atoms with van der Waals surface area (Å²) in [6, 6.07) is 4.55. The van der Waals surface area contributed by atoms with Crippen molar-refractivity contribution in [3.05, 3.63) is 35.1 Å². The Bertz CT molecular complexity index is 437. The summed E-state index contributed by atoms with van der Waals surface area (Å²) in [5.41, 5.74) is 0.969. The van der Waals surface area contributed by atoms with Crippen LogP contribution in [-0.4, -0.2) is 51.3 Å². The normalized spacial score (nSPS) is 10.6. The van der Waals surface area contributed by atoms with Crippen molar-refractivity contribution in [1.82, 2.24) is 4.90 Å². The molecule has 0 aromatic heterocycles. The summed E-state index contributed by atoms with van der Waals surface area (Å²) in [5, 5.41) is 0. The number of aryl methyl sites for hydroxylation is 1. The first-order chi connectivity index (χ1) is 9.60. The quantitative estimate of drug-likeness (QED) is 0.687. The van der Waals surface area contributed by atoms with E-state index < -0.39 is 5.82 Å². The highest BCUT2D eigenvalue weighted by molar-refractivity contribution is 5.94. The van der Waals surface area contributed by atoms with Crippen molar-refractivity contribution in [1.29, 1.82) is 0 Å². The average Bonchev–Trinajstić information content (AvgIpc) is 2.44. The van der Waals surface area contributed by atoms with Crippen molar-refractivity contribution in [2.75, 3.05) is 40.5 Å². The van der Waals surface area contributed by atoms with Crippen LogP contribution in [0, 0.1) is 12.7 Å². The molecular formula is C15H22FNO3. The predicted molar refractivity (Wildman–Crippen MR) is 75.4 cm³/mol. The molecule has 0 saturated carbocycles. The van der Waals surface area contributed by atoms with E-state index in [0.29, 0.717) is 32.7 Å². The minimum atomic E-state index is -0.491. The van der Waals surface area contributed by atoms with Crippen LogP contribution in [-0.2, 0) is 9.47 Å². The Labute approximate surface area is 119 Å². The monoisotopic (exact) mass is 283 g/mol. The molecule has 1 amide bonds. The van der Waals surface area contributed by atoms with Crippen molar-refractivity contribution in [3.8, 4) is 0 Å². The zero-order valence-corrected chi connectivity index (χ0v) is 12.3. The molecule has 0 unspecified atom stereocenters. The summed E-state index contributed by atoms with van der Waals surface area (Å²) in [6.45, 7) is 3.77. The Morgan fingerprint density at radius 2 is 1.90 bits per heavy atom. The number of benzene rings is 1. The third-order valence-electron chi connectivity index (χ3n) is 2.98. The van der Waals surface area contributed by atoms with Crippen LogP contribution in [0.25, 0.3) is 0 Å². The van der Waals surface area contributed by atoms with Gasteiger partial charge in [0, 0.05) is 33.9 Å². The lowest BCUT2D eigenvalue weighted by Crippen LogP contribution is -2.35. The molecule has 5 heteroatoms. The molecule has 0 fully saturated rings. The zero-order chi connectivity index (χ0) is 15.0. The molecule has 1 aromatic carbocycles. The zero-order valence-electron chi connectivity index (χ0n) is 12.3. The molecule has 0 atom stereocenters. The second-order valence-electron chi connectivity index (χ2n) is 4.61. The molecule has 1 rings (SSSR count). The van der Waals surface area contributed by atoms with Crippen LogP contribution in [0.1, 0.15) is 22.3 Å². The Kier molecular flexibility index (Phi) is 7.18. The Hall–Kier alpha value is -1.46. The number of halogens is 1. The van der Waals surface area contributed by atoms with Gasteiger partial charge in [-0.3, -0.25) is 4.79 Å². The number of ether oxygens (including phenoxy) is 2. The number of amides is 1. The molecule has 4 nitrogen and oxygen atoms in total. The van der Waals surface area contributed by atoms with Crippen LogP contribution in [0.3, 0.4) is 0 Å². The molecule has 0 saturated heterocycles. The van der Waals surface area contributed by atoms with Gasteiger partial charge in [-0.1, -0.05) is 11.6 Å². The van der Waals surface area contributed by atoms with E-state index in [-0.39, 0.29) is 11.5 Å². The molecule has 0 aliphatic heterocycles. The van der Waals surface area contributed by atoms with Gasteiger partial charge in [-0.05, 0) is 25.5 Å². The van der Waals surface area contributed by atoms with Crippen LogP contribution < -0.4 is 0 Å². The lowest BCUT2D eigenvalue weighted by Gasteiger charge is -2.22. The van der Waals surface area contributed by atoms with Crippen LogP contribution in [0.4, 0.5) is 4.39 Å². The van der Waals surface area contributed by atoms with Gasteiger partial charge in [-0.2, -0.15) is 0 Å². The first-order valence-corrected chi connectivity index (χ1v) is 6.63. The summed E-state index contributed by atoms with van der Waals surface area (Å²) in [5.74, 6) is -0.797. The largest absolute Gasteiger partial charge is 0.385 e. The number of hydrogen-bond donors (Lipinski definition) is 0. The molecule has 1 aromatic rings. The topological polar surface area (TPSA) is 38.8 Å². The summed E-state index contributed by atoms with van der Waals surface area (Å²) < 4.78 is 23.8. The van der Waals surface area contributed by atoms with Gasteiger partial charge < -0.3 is 14.4 Å². The van der Waals surface area contributed by atoms with Gasteiger partial charge in [-0.15, -0.1) is 0 Å². The minimum Gasteiger partial charge on any atom is -0.385 e. The number of nitrogens with zero attached hydrogens (tertiary/aromatic N) is 1. The molecule has 0 aliphatic carbocycles. The Morgan fingerprint density at radius 3 is 2.55 bits per heavy atom. The van der Waals surface area contributed by atoms with Crippen molar-refractivity contribution < 1.29 is 18.7 Å². The maximum atomic E-state index is 13.8. The highest BCUT2D eigenvalue weighted by atomic mass is 19.1. The van der Waals surface area contributed by atoms with Crippen LogP contribution in [0.2, 0.25) is 0 Å². The molecule has 112 valence electrons. The third-order valence-corrected chi connectivity index (χ3v) is 2.98. The fraction of sp³-hybridized carbons (Fsp3) is 0.533. The van der Waals surface area contributed by atoms with Gasteiger partial charge in [0.2, 0.25) is 0 Å². The van der Waals surface area contributed by atoms with E-state index in [0.717, 1.165) is 5.56 Å². The molecule has 20 heavy (non-hydrogen) atoms. The maximum absolute atomic E-state index is 13.8. The second-order valence-corrected chi connectivity index (χ2v) is 4.61. The lowest BCUT2D eigenvalue weighted by molar-refractivity contribution is 0.0669. The van der Waals surface area contributed by atoms with E-state index in [4.69, 9.17) is 9.47 Å². The molecule has 0 spiro atoms. The first kappa shape index (κ1) is 16.6. The Morgan fingerprint density at radius 1 is 1.20 bits per heavy atom. The van der Waals surface area contributed by atoms with Gasteiger partial charge in [0.25, 0.3) is 5.91 Å². The number of hydrogen-bond acceptors (Lipinski definition) is 3.